The number of benzene rings is 1. The standard InChI is InChI=1S/C24H21ClN2OS3/c25-19-9-1-2-10-20(19)31-15-22(28)27-24(21-11-5-13-30-21)18-8-3-6-16(23(18)26-27)14-17-7-4-12-29-17/h1-2,4-5,7,9-14,18,24H,3,6,8,15H2/b16-14-. The van der Waals surface area contributed by atoms with Gasteiger partial charge in [0.15, 0.2) is 0 Å². The Morgan fingerprint density at radius 3 is 2.77 bits per heavy atom. The number of thiophene rings is 2. The van der Waals surface area contributed by atoms with Gasteiger partial charge in [-0.1, -0.05) is 35.9 Å². The summed E-state index contributed by atoms with van der Waals surface area (Å²) in [6.45, 7) is 0. The molecule has 1 aliphatic carbocycles. The fraction of sp³-hybridized carbons (Fsp3) is 0.250. The second-order valence-electron chi connectivity index (χ2n) is 7.59. The van der Waals surface area contributed by atoms with Gasteiger partial charge in [0.1, 0.15) is 0 Å². The molecule has 0 N–H and O–H groups in total. The Balaban J connectivity index is 1.44. The number of nitrogens with zero attached hydrogens (tertiary/aromatic N) is 2. The van der Waals surface area contributed by atoms with Crippen LogP contribution in [0, 0.1) is 5.92 Å². The molecule has 1 amide bonds. The highest BCUT2D eigenvalue weighted by Crippen LogP contribution is 2.46. The van der Waals surface area contributed by atoms with Gasteiger partial charge in [-0.2, -0.15) is 5.10 Å². The van der Waals surface area contributed by atoms with E-state index in [2.05, 4.69) is 41.1 Å². The van der Waals surface area contributed by atoms with Crippen molar-refractivity contribution in [2.75, 3.05) is 5.75 Å². The highest BCUT2D eigenvalue weighted by atomic mass is 35.5. The van der Waals surface area contributed by atoms with Crippen molar-refractivity contribution in [3.05, 3.63) is 79.6 Å². The number of allylic oxidation sites excluding steroid dienone is 1. The molecule has 0 saturated heterocycles. The van der Waals surface area contributed by atoms with Crippen LogP contribution in [0.2, 0.25) is 5.02 Å². The Labute approximate surface area is 199 Å². The van der Waals surface area contributed by atoms with Gasteiger partial charge in [-0.15, -0.1) is 34.4 Å². The Kier molecular flexibility index (Phi) is 6.32. The maximum absolute atomic E-state index is 13.3. The second kappa shape index (κ2) is 9.33. The van der Waals surface area contributed by atoms with Crippen molar-refractivity contribution >= 4 is 63.7 Å². The maximum Gasteiger partial charge on any atom is 0.253 e. The third kappa shape index (κ3) is 4.40. The van der Waals surface area contributed by atoms with Gasteiger partial charge in [-0.3, -0.25) is 4.79 Å². The highest BCUT2D eigenvalue weighted by molar-refractivity contribution is 8.00. The van der Waals surface area contributed by atoms with E-state index in [1.54, 1.807) is 27.7 Å². The Hall–Kier alpha value is -1.86. The third-order valence-electron chi connectivity index (χ3n) is 5.64. The Bertz CT molecular complexity index is 1120. The number of rotatable bonds is 5. The van der Waals surface area contributed by atoms with E-state index in [0.29, 0.717) is 10.8 Å². The minimum absolute atomic E-state index is 0.0126. The predicted molar refractivity (Wildman–Crippen MR) is 133 cm³/mol. The minimum atomic E-state index is -0.0126. The molecule has 1 fully saturated rings. The molecule has 3 nitrogen and oxygen atoms in total. The van der Waals surface area contributed by atoms with Crippen LogP contribution in [0.5, 0.6) is 0 Å². The van der Waals surface area contributed by atoms with Crippen molar-refractivity contribution in [1.82, 2.24) is 5.01 Å². The largest absolute Gasteiger partial charge is 0.272 e. The molecule has 5 rings (SSSR count). The molecule has 7 heteroatoms. The summed E-state index contributed by atoms with van der Waals surface area (Å²) >= 11 is 11.2. The van der Waals surface area contributed by atoms with E-state index in [0.717, 1.165) is 29.9 Å². The number of thioether (sulfide) groups is 1. The number of amides is 1. The third-order valence-corrected chi connectivity index (χ3v) is 8.90. The van der Waals surface area contributed by atoms with Gasteiger partial charge in [0.2, 0.25) is 0 Å². The van der Waals surface area contributed by atoms with E-state index in [-0.39, 0.29) is 17.9 Å². The van der Waals surface area contributed by atoms with Crippen LogP contribution < -0.4 is 0 Å². The average Bonchev–Trinajstić information content (AvgIpc) is 3.53. The van der Waals surface area contributed by atoms with Gasteiger partial charge < -0.3 is 0 Å². The van der Waals surface area contributed by atoms with E-state index < -0.39 is 0 Å². The first-order chi connectivity index (χ1) is 15.2. The first-order valence-electron chi connectivity index (χ1n) is 10.3. The van der Waals surface area contributed by atoms with Crippen LogP contribution >= 0.6 is 46.0 Å². The van der Waals surface area contributed by atoms with Crippen molar-refractivity contribution in [2.45, 2.75) is 30.2 Å². The molecule has 1 saturated carbocycles. The van der Waals surface area contributed by atoms with Crippen LogP contribution in [0.3, 0.4) is 0 Å². The molecule has 3 heterocycles. The van der Waals surface area contributed by atoms with Gasteiger partial charge in [-0.05, 0) is 65.9 Å². The lowest BCUT2D eigenvalue weighted by Gasteiger charge is -2.28. The number of halogens is 1. The van der Waals surface area contributed by atoms with Gasteiger partial charge >= 0.3 is 0 Å². The van der Waals surface area contributed by atoms with Crippen molar-refractivity contribution in [1.29, 1.82) is 0 Å². The Morgan fingerprint density at radius 1 is 1.16 bits per heavy atom. The molecule has 158 valence electrons. The molecule has 0 radical (unpaired) electrons. The predicted octanol–water partition coefficient (Wildman–Crippen LogP) is 7.38. The normalized spacial score (nSPS) is 21.9. The number of hydrogen-bond acceptors (Lipinski definition) is 5. The molecule has 1 aromatic carbocycles. The smallest absolute Gasteiger partial charge is 0.253 e. The lowest BCUT2D eigenvalue weighted by atomic mass is 9.79. The van der Waals surface area contributed by atoms with E-state index >= 15 is 0 Å². The zero-order chi connectivity index (χ0) is 21.2. The summed E-state index contributed by atoms with van der Waals surface area (Å²) in [6, 6.07) is 16.0. The van der Waals surface area contributed by atoms with Crippen molar-refractivity contribution in [3.8, 4) is 0 Å². The number of carbonyl (C=O) groups is 1. The monoisotopic (exact) mass is 484 g/mol. The summed E-state index contributed by atoms with van der Waals surface area (Å²) in [5, 5.41) is 11.6. The first-order valence-corrected chi connectivity index (χ1v) is 13.4. The molecule has 2 aromatic heterocycles. The van der Waals surface area contributed by atoms with Crippen molar-refractivity contribution in [3.63, 3.8) is 0 Å². The number of carbonyl (C=O) groups excluding carboxylic acids is 1. The molecule has 2 aliphatic rings. The summed E-state index contributed by atoms with van der Waals surface area (Å²) in [6.07, 6.45) is 5.46. The SMILES string of the molecule is O=C(CSc1ccccc1Cl)N1N=C2/C(=C\c3cccs3)CCCC2C1c1cccs1. The zero-order valence-corrected chi connectivity index (χ0v) is 19.9. The summed E-state index contributed by atoms with van der Waals surface area (Å²) in [4.78, 5) is 16.7. The zero-order valence-electron chi connectivity index (χ0n) is 16.7. The average molecular weight is 485 g/mol. The summed E-state index contributed by atoms with van der Waals surface area (Å²) in [5.74, 6) is 0.604. The minimum Gasteiger partial charge on any atom is -0.272 e. The molecular formula is C24H21ClN2OS3. The van der Waals surface area contributed by atoms with Crippen LogP contribution in [0.25, 0.3) is 6.08 Å². The number of fused-ring (bicyclic) bond motifs is 1. The topological polar surface area (TPSA) is 32.7 Å². The second-order valence-corrected chi connectivity index (χ2v) is 11.0. The van der Waals surface area contributed by atoms with Crippen molar-refractivity contribution in [2.24, 2.45) is 11.0 Å². The highest BCUT2D eigenvalue weighted by Gasteiger charge is 2.44. The maximum atomic E-state index is 13.3. The van der Waals surface area contributed by atoms with Gasteiger partial charge in [0, 0.05) is 20.6 Å². The first kappa shape index (κ1) is 21.0. The lowest BCUT2D eigenvalue weighted by Crippen LogP contribution is -2.32. The van der Waals surface area contributed by atoms with E-state index in [4.69, 9.17) is 16.7 Å². The quantitative estimate of drug-likeness (QED) is 0.354. The molecule has 0 spiro atoms. The lowest BCUT2D eigenvalue weighted by molar-refractivity contribution is -0.130. The molecule has 1 aliphatic heterocycles. The summed E-state index contributed by atoms with van der Waals surface area (Å²) < 4.78 is 0. The molecule has 31 heavy (non-hydrogen) atoms. The fourth-order valence-corrected chi connectivity index (χ4v) is 6.91. The molecule has 2 unspecified atom stereocenters. The molecule has 3 aromatic rings. The van der Waals surface area contributed by atoms with Gasteiger partial charge in [0.05, 0.1) is 22.5 Å². The van der Waals surface area contributed by atoms with Crippen molar-refractivity contribution < 1.29 is 4.79 Å². The van der Waals surface area contributed by atoms with Crippen LogP contribution in [0.1, 0.15) is 35.1 Å². The van der Waals surface area contributed by atoms with Crippen LogP contribution in [0.4, 0.5) is 0 Å². The molecule has 2 atom stereocenters. The summed E-state index contributed by atoms with van der Waals surface area (Å²) in [7, 11) is 0. The summed E-state index contributed by atoms with van der Waals surface area (Å²) in [5.41, 5.74) is 2.36. The fourth-order valence-electron chi connectivity index (χ4n) is 4.26. The Morgan fingerprint density at radius 2 is 2.00 bits per heavy atom. The van der Waals surface area contributed by atoms with Gasteiger partial charge in [-0.25, -0.2) is 5.01 Å². The van der Waals surface area contributed by atoms with Gasteiger partial charge in [0.25, 0.3) is 5.91 Å². The van der Waals surface area contributed by atoms with E-state index in [9.17, 15) is 4.79 Å². The van der Waals surface area contributed by atoms with E-state index in [1.165, 1.54) is 27.1 Å². The molecular weight excluding hydrogens is 464 g/mol. The van der Waals surface area contributed by atoms with Crippen LogP contribution in [-0.2, 0) is 4.79 Å². The van der Waals surface area contributed by atoms with E-state index in [1.807, 2.05) is 24.3 Å². The van der Waals surface area contributed by atoms with Crippen LogP contribution in [0.15, 0.2) is 74.9 Å². The number of hydrazone groups is 1. The molecule has 0 bridgehead atoms. The number of hydrogen-bond donors (Lipinski definition) is 0. The van der Waals surface area contributed by atoms with Crippen LogP contribution in [-0.4, -0.2) is 22.4 Å².